The summed E-state index contributed by atoms with van der Waals surface area (Å²) in [5.41, 5.74) is 7.22. The number of primary amides is 1. The molecule has 19 heavy (non-hydrogen) atoms. The number of hydrogen-bond donors (Lipinski definition) is 1. The number of carbonyl (C=O) groups is 2. The average molecular weight is 259 g/mol. The van der Waals surface area contributed by atoms with Gasteiger partial charge in [0, 0.05) is 19.2 Å². The molecule has 2 amide bonds. The number of hydrogen-bond acceptors (Lipinski definition) is 3. The first kappa shape index (κ1) is 12.0. The zero-order valence-electron chi connectivity index (χ0n) is 10.9. The van der Waals surface area contributed by atoms with Crippen LogP contribution in [0.25, 0.3) is 0 Å². The highest BCUT2D eigenvalue weighted by Crippen LogP contribution is 2.34. The first-order valence-electron chi connectivity index (χ1n) is 6.57. The number of amides is 2. The highest BCUT2D eigenvalue weighted by atomic mass is 16.2. The smallest absolute Gasteiger partial charge is 0.257 e. The van der Waals surface area contributed by atoms with Gasteiger partial charge in [-0.25, -0.2) is 0 Å². The molecule has 1 atom stereocenters. The Kier molecular flexibility index (Phi) is 2.69. The summed E-state index contributed by atoms with van der Waals surface area (Å²) in [4.78, 5) is 27.7. The lowest BCUT2D eigenvalue weighted by Crippen LogP contribution is -2.55. The predicted octanol–water partition coefficient (Wildman–Crippen LogP) is 1.19. The second-order valence-electron chi connectivity index (χ2n) is 5.18. The van der Waals surface area contributed by atoms with Crippen LogP contribution in [0.1, 0.15) is 40.0 Å². The molecule has 0 radical (unpaired) electrons. The van der Waals surface area contributed by atoms with Crippen molar-refractivity contribution >= 4 is 17.5 Å². The van der Waals surface area contributed by atoms with E-state index in [0.717, 1.165) is 31.5 Å². The van der Waals surface area contributed by atoms with Gasteiger partial charge >= 0.3 is 0 Å². The van der Waals surface area contributed by atoms with E-state index in [2.05, 4.69) is 4.90 Å². The molecule has 1 saturated heterocycles. The summed E-state index contributed by atoms with van der Waals surface area (Å²) in [6, 6.07) is 5.05. The number of rotatable bonds is 1. The quantitative estimate of drug-likeness (QED) is 0.823. The van der Waals surface area contributed by atoms with Crippen molar-refractivity contribution in [3.63, 3.8) is 0 Å². The van der Waals surface area contributed by atoms with Crippen LogP contribution in [-0.2, 0) is 0 Å². The Balaban J connectivity index is 2.09. The Morgan fingerprint density at radius 3 is 2.89 bits per heavy atom. The number of nitrogens with zero attached hydrogens (tertiary/aromatic N) is 2. The van der Waals surface area contributed by atoms with E-state index >= 15 is 0 Å². The molecule has 0 spiro atoms. The lowest BCUT2D eigenvalue weighted by Gasteiger charge is -2.46. The highest BCUT2D eigenvalue weighted by molar-refractivity contribution is 6.04. The number of carbonyl (C=O) groups excluding carboxylic acids is 2. The van der Waals surface area contributed by atoms with Crippen molar-refractivity contribution in [3.8, 4) is 0 Å². The van der Waals surface area contributed by atoms with Crippen LogP contribution >= 0.6 is 0 Å². The molecule has 2 heterocycles. The van der Waals surface area contributed by atoms with E-state index in [-0.39, 0.29) is 12.1 Å². The molecular formula is C14H17N3O2. The zero-order valence-corrected chi connectivity index (χ0v) is 10.9. The molecule has 5 nitrogen and oxygen atoms in total. The Morgan fingerprint density at radius 1 is 1.37 bits per heavy atom. The van der Waals surface area contributed by atoms with Crippen LogP contribution in [0.5, 0.6) is 0 Å². The van der Waals surface area contributed by atoms with Crippen molar-refractivity contribution in [2.75, 3.05) is 18.5 Å². The van der Waals surface area contributed by atoms with Crippen molar-refractivity contribution < 1.29 is 9.59 Å². The number of nitrogens with two attached hydrogens (primary N) is 1. The second kappa shape index (κ2) is 4.26. The number of fused-ring (bicyclic) bond motifs is 2. The van der Waals surface area contributed by atoms with Crippen LogP contribution in [-0.4, -0.2) is 36.5 Å². The summed E-state index contributed by atoms with van der Waals surface area (Å²) in [6.07, 6.45) is 3.27. The van der Waals surface area contributed by atoms with Gasteiger partial charge in [-0.1, -0.05) is 0 Å². The summed E-state index contributed by atoms with van der Waals surface area (Å²) >= 11 is 0. The van der Waals surface area contributed by atoms with Crippen molar-refractivity contribution in [1.29, 1.82) is 0 Å². The molecule has 0 bridgehead atoms. The van der Waals surface area contributed by atoms with Gasteiger partial charge in [-0.05, 0) is 37.5 Å². The van der Waals surface area contributed by atoms with Gasteiger partial charge in [-0.15, -0.1) is 0 Å². The lowest BCUT2D eigenvalue weighted by molar-refractivity contribution is 0.0589. The third kappa shape index (κ3) is 1.77. The molecule has 5 heteroatoms. The monoisotopic (exact) mass is 259 g/mol. The molecule has 0 saturated carbocycles. The summed E-state index contributed by atoms with van der Waals surface area (Å²) < 4.78 is 0. The van der Waals surface area contributed by atoms with E-state index in [4.69, 9.17) is 5.73 Å². The Bertz CT molecular complexity index is 556. The first-order valence-corrected chi connectivity index (χ1v) is 6.57. The molecule has 2 N–H and O–H groups in total. The summed E-state index contributed by atoms with van der Waals surface area (Å²) in [5, 5.41) is 0. The van der Waals surface area contributed by atoms with E-state index in [1.807, 2.05) is 11.9 Å². The van der Waals surface area contributed by atoms with Crippen molar-refractivity contribution in [1.82, 2.24) is 4.90 Å². The topological polar surface area (TPSA) is 66.6 Å². The second-order valence-corrected chi connectivity index (χ2v) is 5.18. The highest BCUT2D eigenvalue weighted by Gasteiger charge is 2.37. The molecule has 0 aliphatic carbocycles. The van der Waals surface area contributed by atoms with E-state index < -0.39 is 5.91 Å². The normalized spacial score (nSPS) is 21.9. The van der Waals surface area contributed by atoms with Gasteiger partial charge in [-0.3, -0.25) is 9.59 Å². The maximum Gasteiger partial charge on any atom is 0.257 e. The zero-order chi connectivity index (χ0) is 13.6. The van der Waals surface area contributed by atoms with E-state index in [9.17, 15) is 9.59 Å². The maximum absolute atomic E-state index is 12.5. The molecule has 100 valence electrons. The molecule has 0 aromatic heterocycles. The largest absolute Gasteiger partial charge is 0.366 e. The van der Waals surface area contributed by atoms with Crippen LogP contribution in [0, 0.1) is 0 Å². The Labute approximate surface area is 112 Å². The minimum Gasteiger partial charge on any atom is -0.366 e. The third-order valence-electron chi connectivity index (χ3n) is 4.07. The van der Waals surface area contributed by atoms with E-state index in [1.165, 1.54) is 0 Å². The van der Waals surface area contributed by atoms with E-state index in [1.54, 1.807) is 18.2 Å². The lowest BCUT2D eigenvalue weighted by atomic mass is 9.98. The van der Waals surface area contributed by atoms with Crippen molar-refractivity contribution in [3.05, 3.63) is 29.3 Å². The maximum atomic E-state index is 12.5. The fraction of sp³-hybridized carbons (Fsp3) is 0.429. The Hall–Kier alpha value is -2.04. The molecule has 1 aromatic carbocycles. The van der Waals surface area contributed by atoms with Crippen LogP contribution in [0.15, 0.2) is 18.2 Å². The Morgan fingerprint density at radius 2 is 2.16 bits per heavy atom. The minimum absolute atomic E-state index is 0.0637. The van der Waals surface area contributed by atoms with Crippen LogP contribution < -0.4 is 10.6 Å². The van der Waals surface area contributed by atoms with Crippen molar-refractivity contribution in [2.45, 2.75) is 25.4 Å². The number of anilines is 1. The minimum atomic E-state index is -0.463. The predicted molar refractivity (Wildman–Crippen MR) is 72.0 cm³/mol. The van der Waals surface area contributed by atoms with Gasteiger partial charge in [0.2, 0.25) is 5.91 Å². The van der Waals surface area contributed by atoms with E-state index in [0.29, 0.717) is 11.1 Å². The third-order valence-corrected chi connectivity index (χ3v) is 4.07. The number of benzene rings is 1. The molecule has 1 fully saturated rings. The first-order chi connectivity index (χ1) is 9.09. The summed E-state index contributed by atoms with van der Waals surface area (Å²) in [6.45, 7) is 0.810. The van der Waals surface area contributed by atoms with Crippen LogP contribution in [0.3, 0.4) is 0 Å². The summed E-state index contributed by atoms with van der Waals surface area (Å²) in [7, 11) is 1.97. The average Bonchev–Trinajstić information content (AvgIpc) is 2.44. The summed E-state index contributed by atoms with van der Waals surface area (Å²) in [5.74, 6) is -0.399. The van der Waals surface area contributed by atoms with Gasteiger partial charge in [0.05, 0.1) is 11.3 Å². The molecule has 1 aromatic rings. The standard InChI is InChI=1S/C14H17N3O2/c1-16-11-8-9(13(15)18)5-6-10(11)14(19)17-7-3-2-4-12(16)17/h5-6,8,12H,2-4,7H2,1H3,(H2,15,18). The SMILES string of the molecule is CN1c2cc(C(N)=O)ccc2C(=O)N2CCCCC21. The van der Waals surface area contributed by atoms with Crippen LogP contribution in [0.2, 0.25) is 0 Å². The van der Waals surface area contributed by atoms with Crippen molar-refractivity contribution in [2.24, 2.45) is 5.73 Å². The van der Waals surface area contributed by atoms with Gasteiger partial charge in [0.25, 0.3) is 5.91 Å². The molecule has 2 aliphatic rings. The fourth-order valence-electron chi connectivity index (χ4n) is 3.03. The molecule has 3 rings (SSSR count). The molecule has 1 unspecified atom stereocenters. The van der Waals surface area contributed by atoms with Gasteiger partial charge < -0.3 is 15.5 Å². The van der Waals surface area contributed by atoms with Gasteiger partial charge in [0.15, 0.2) is 0 Å². The van der Waals surface area contributed by atoms with Gasteiger partial charge in [0.1, 0.15) is 6.17 Å². The van der Waals surface area contributed by atoms with Crippen LogP contribution in [0.4, 0.5) is 5.69 Å². The number of piperidine rings is 1. The molecule has 2 aliphatic heterocycles. The molecular weight excluding hydrogens is 242 g/mol. The van der Waals surface area contributed by atoms with Gasteiger partial charge in [-0.2, -0.15) is 0 Å². The fourth-order valence-corrected chi connectivity index (χ4v) is 3.03.